The lowest BCUT2D eigenvalue weighted by atomic mass is 10.0. The molecule has 3 aromatic carbocycles. The summed E-state index contributed by atoms with van der Waals surface area (Å²) in [7, 11) is 0. The lowest BCUT2D eigenvalue weighted by Gasteiger charge is -2.17. The van der Waals surface area contributed by atoms with Gasteiger partial charge in [-0.25, -0.2) is 9.37 Å². The van der Waals surface area contributed by atoms with Crippen LogP contribution in [0.5, 0.6) is 11.5 Å². The highest BCUT2D eigenvalue weighted by Gasteiger charge is 2.20. The Kier molecular flexibility index (Phi) is 6.54. The van der Waals surface area contributed by atoms with Gasteiger partial charge in [0, 0.05) is 6.54 Å². The summed E-state index contributed by atoms with van der Waals surface area (Å²) in [6, 6.07) is 21.3. The van der Waals surface area contributed by atoms with Crippen LogP contribution < -0.4 is 10.3 Å². The summed E-state index contributed by atoms with van der Waals surface area (Å²) in [6.45, 7) is 4.47. The van der Waals surface area contributed by atoms with Gasteiger partial charge >= 0.3 is 0 Å². The Balaban J connectivity index is 1.89. The number of phenols is 1. The highest BCUT2D eigenvalue weighted by Crippen LogP contribution is 2.31. The van der Waals surface area contributed by atoms with E-state index in [0.717, 1.165) is 5.56 Å². The van der Waals surface area contributed by atoms with Crippen LogP contribution in [-0.2, 0) is 13.0 Å². The number of aromatic nitrogens is 2. The van der Waals surface area contributed by atoms with Crippen molar-refractivity contribution < 1.29 is 14.2 Å². The molecule has 168 valence electrons. The summed E-state index contributed by atoms with van der Waals surface area (Å²) < 4.78 is 21.2. The van der Waals surface area contributed by atoms with Crippen LogP contribution >= 0.6 is 0 Å². The molecule has 6 heteroatoms. The molecule has 33 heavy (non-hydrogen) atoms. The summed E-state index contributed by atoms with van der Waals surface area (Å²) in [4.78, 5) is 18.4. The first-order chi connectivity index (χ1) is 16.0. The quantitative estimate of drug-likeness (QED) is 0.416. The summed E-state index contributed by atoms with van der Waals surface area (Å²) in [6.07, 6.45) is 0.576. The van der Waals surface area contributed by atoms with Crippen molar-refractivity contribution in [1.82, 2.24) is 9.55 Å². The van der Waals surface area contributed by atoms with Crippen LogP contribution in [0.25, 0.3) is 22.5 Å². The number of benzene rings is 3. The van der Waals surface area contributed by atoms with Crippen molar-refractivity contribution in [2.75, 3.05) is 6.61 Å². The van der Waals surface area contributed by atoms with Gasteiger partial charge in [-0.05, 0) is 55.7 Å². The fourth-order valence-corrected chi connectivity index (χ4v) is 3.90. The summed E-state index contributed by atoms with van der Waals surface area (Å²) in [5, 5.41) is 10.4. The van der Waals surface area contributed by atoms with Crippen molar-refractivity contribution in [3.8, 4) is 34.0 Å². The number of aryl methyl sites for hydroxylation is 2. The van der Waals surface area contributed by atoms with E-state index in [-0.39, 0.29) is 16.9 Å². The average Bonchev–Trinajstić information content (AvgIpc) is 2.81. The maximum Gasteiger partial charge on any atom is 0.261 e. The van der Waals surface area contributed by atoms with Crippen LogP contribution in [0.3, 0.4) is 0 Å². The van der Waals surface area contributed by atoms with Gasteiger partial charge in [-0.3, -0.25) is 9.36 Å². The second kappa shape index (κ2) is 9.69. The van der Waals surface area contributed by atoms with Crippen LogP contribution in [-0.4, -0.2) is 21.3 Å². The van der Waals surface area contributed by atoms with Crippen LogP contribution in [0.4, 0.5) is 4.39 Å². The van der Waals surface area contributed by atoms with E-state index in [1.54, 1.807) is 13.0 Å². The van der Waals surface area contributed by atoms with E-state index in [0.29, 0.717) is 42.1 Å². The molecule has 0 amide bonds. The zero-order valence-electron chi connectivity index (χ0n) is 18.6. The van der Waals surface area contributed by atoms with E-state index in [4.69, 9.17) is 4.74 Å². The van der Waals surface area contributed by atoms with E-state index in [9.17, 15) is 14.3 Å². The standard InChI is InChI=1S/C27H25FN2O3/c1-3-33-21-12-7-11-20(17-21)24-18(2)29-26(22-13-8-14-23(28)25(22)31)30(27(24)32)16-15-19-9-5-4-6-10-19/h4-14,17,31H,3,15-16H2,1-2H3. The summed E-state index contributed by atoms with van der Waals surface area (Å²) >= 11 is 0. The third kappa shape index (κ3) is 4.65. The molecule has 4 aromatic rings. The molecule has 0 radical (unpaired) electrons. The van der Waals surface area contributed by atoms with E-state index in [2.05, 4.69) is 4.98 Å². The molecule has 0 fully saturated rings. The van der Waals surface area contributed by atoms with E-state index in [1.807, 2.05) is 61.5 Å². The number of hydrogen-bond donors (Lipinski definition) is 1. The van der Waals surface area contributed by atoms with Crippen molar-refractivity contribution in [2.45, 2.75) is 26.8 Å². The molecule has 0 bridgehead atoms. The molecular weight excluding hydrogens is 419 g/mol. The highest BCUT2D eigenvalue weighted by atomic mass is 19.1. The van der Waals surface area contributed by atoms with E-state index >= 15 is 0 Å². The Hall–Kier alpha value is -3.93. The topological polar surface area (TPSA) is 64.3 Å². The Morgan fingerprint density at radius 2 is 1.79 bits per heavy atom. The SMILES string of the molecule is CCOc1cccc(-c2c(C)nc(-c3cccc(F)c3O)n(CCc3ccccc3)c2=O)c1. The van der Waals surface area contributed by atoms with Crippen LogP contribution in [0, 0.1) is 12.7 Å². The Morgan fingerprint density at radius 1 is 1.03 bits per heavy atom. The third-order valence-corrected chi connectivity index (χ3v) is 5.48. The second-order valence-corrected chi connectivity index (χ2v) is 7.69. The van der Waals surface area contributed by atoms with Crippen molar-refractivity contribution in [2.24, 2.45) is 0 Å². The zero-order valence-corrected chi connectivity index (χ0v) is 18.6. The van der Waals surface area contributed by atoms with Gasteiger partial charge < -0.3 is 9.84 Å². The minimum Gasteiger partial charge on any atom is -0.504 e. The number of para-hydroxylation sites is 1. The maximum atomic E-state index is 14.1. The minimum absolute atomic E-state index is 0.179. The molecule has 0 spiro atoms. The molecule has 1 heterocycles. The monoisotopic (exact) mass is 444 g/mol. The number of hydrogen-bond acceptors (Lipinski definition) is 4. The number of nitrogens with zero attached hydrogens (tertiary/aromatic N) is 2. The molecule has 4 rings (SSSR count). The molecule has 1 aromatic heterocycles. The van der Waals surface area contributed by atoms with Gasteiger partial charge in [-0.1, -0.05) is 48.5 Å². The third-order valence-electron chi connectivity index (χ3n) is 5.48. The number of phenolic OH excluding ortho intramolecular Hbond substituents is 1. The van der Waals surface area contributed by atoms with Gasteiger partial charge in [0.25, 0.3) is 5.56 Å². The lowest BCUT2D eigenvalue weighted by Crippen LogP contribution is -2.27. The fourth-order valence-electron chi connectivity index (χ4n) is 3.90. The van der Waals surface area contributed by atoms with Crippen molar-refractivity contribution >= 4 is 0 Å². The first-order valence-corrected chi connectivity index (χ1v) is 10.9. The molecule has 0 unspecified atom stereocenters. The summed E-state index contributed by atoms with van der Waals surface area (Å²) in [5.41, 5.74) is 2.61. The molecule has 1 N–H and O–H groups in total. The van der Waals surface area contributed by atoms with E-state index < -0.39 is 11.6 Å². The number of halogens is 1. The van der Waals surface area contributed by atoms with Crippen LogP contribution in [0.2, 0.25) is 0 Å². The predicted octanol–water partition coefficient (Wildman–Crippen LogP) is 5.37. The molecule has 5 nitrogen and oxygen atoms in total. The van der Waals surface area contributed by atoms with Crippen molar-refractivity contribution in [1.29, 1.82) is 0 Å². The molecule has 0 aliphatic heterocycles. The number of rotatable bonds is 7. The molecule has 0 aliphatic carbocycles. The van der Waals surface area contributed by atoms with Gasteiger partial charge in [0.2, 0.25) is 0 Å². The fraction of sp³-hybridized carbons (Fsp3) is 0.185. The normalized spacial score (nSPS) is 10.9. The van der Waals surface area contributed by atoms with Crippen LogP contribution in [0.1, 0.15) is 18.2 Å². The Labute approximate surface area is 191 Å². The largest absolute Gasteiger partial charge is 0.504 e. The number of ether oxygens (including phenoxy) is 1. The van der Waals surface area contributed by atoms with Crippen molar-refractivity contribution in [3.63, 3.8) is 0 Å². The summed E-state index contributed by atoms with van der Waals surface area (Å²) in [5.74, 6) is -0.391. The predicted molar refractivity (Wildman–Crippen MR) is 127 cm³/mol. The minimum atomic E-state index is -0.762. The van der Waals surface area contributed by atoms with Crippen molar-refractivity contribution in [3.05, 3.63) is 100 Å². The highest BCUT2D eigenvalue weighted by molar-refractivity contribution is 5.70. The zero-order chi connectivity index (χ0) is 23.4. The Bertz CT molecular complexity index is 1330. The Morgan fingerprint density at radius 3 is 2.55 bits per heavy atom. The average molecular weight is 445 g/mol. The maximum absolute atomic E-state index is 14.1. The van der Waals surface area contributed by atoms with Gasteiger partial charge in [0.15, 0.2) is 11.6 Å². The van der Waals surface area contributed by atoms with Crippen LogP contribution in [0.15, 0.2) is 77.6 Å². The smallest absolute Gasteiger partial charge is 0.261 e. The van der Waals surface area contributed by atoms with Gasteiger partial charge in [0.05, 0.1) is 23.4 Å². The van der Waals surface area contributed by atoms with Gasteiger partial charge in [-0.15, -0.1) is 0 Å². The van der Waals surface area contributed by atoms with Gasteiger partial charge in [0.1, 0.15) is 11.6 Å². The first-order valence-electron chi connectivity index (χ1n) is 10.9. The lowest BCUT2D eigenvalue weighted by molar-refractivity contribution is 0.340. The van der Waals surface area contributed by atoms with Gasteiger partial charge in [-0.2, -0.15) is 0 Å². The molecule has 0 aliphatic rings. The van der Waals surface area contributed by atoms with E-state index in [1.165, 1.54) is 16.7 Å². The number of aromatic hydroxyl groups is 1. The molecule has 0 saturated carbocycles. The first kappa shape index (κ1) is 22.3. The molecular formula is C27H25FN2O3. The second-order valence-electron chi connectivity index (χ2n) is 7.69. The molecule has 0 atom stereocenters. The molecule has 0 saturated heterocycles.